The third kappa shape index (κ3) is 5.13. The molecule has 0 amide bonds. The smallest absolute Gasteiger partial charge is 0.308 e. The van der Waals surface area contributed by atoms with E-state index < -0.39 is 24.2 Å². The Balaban J connectivity index is 3.11. The first kappa shape index (κ1) is 16.5. The molecule has 0 fully saturated rings. The molecule has 0 aromatic heterocycles. The maximum Gasteiger partial charge on any atom is 0.308 e. The van der Waals surface area contributed by atoms with Crippen molar-refractivity contribution < 1.29 is 33.3 Å². The number of esters is 3. The van der Waals surface area contributed by atoms with Crippen LogP contribution in [0.25, 0.3) is 0 Å². The van der Waals surface area contributed by atoms with Crippen molar-refractivity contribution in [2.45, 2.75) is 27.1 Å². The molecule has 114 valence electrons. The number of carbonyl (C=O) groups is 3. The third-order valence-electron chi connectivity index (χ3n) is 2.26. The van der Waals surface area contributed by atoms with Crippen molar-refractivity contribution in [3.63, 3.8) is 0 Å². The summed E-state index contributed by atoms with van der Waals surface area (Å²) in [5, 5.41) is 0. The van der Waals surface area contributed by atoms with Crippen molar-refractivity contribution in [2.75, 3.05) is 7.11 Å². The highest BCUT2D eigenvalue weighted by Gasteiger charge is 2.20. The first-order valence-corrected chi connectivity index (χ1v) is 6.04. The van der Waals surface area contributed by atoms with Crippen LogP contribution in [0.2, 0.25) is 0 Å². The van der Waals surface area contributed by atoms with E-state index in [2.05, 4.69) is 0 Å². The first-order valence-electron chi connectivity index (χ1n) is 6.04. The molecule has 0 atom stereocenters. The van der Waals surface area contributed by atoms with Crippen molar-refractivity contribution in [2.24, 2.45) is 0 Å². The lowest BCUT2D eigenvalue weighted by Gasteiger charge is -2.18. The summed E-state index contributed by atoms with van der Waals surface area (Å²) >= 11 is 0. The molecule has 0 N–H and O–H groups in total. The zero-order valence-corrected chi connectivity index (χ0v) is 12.2. The topological polar surface area (TPSA) is 88.1 Å². The fourth-order valence-electron chi connectivity index (χ4n) is 1.53. The van der Waals surface area contributed by atoms with E-state index in [1.54, 1.807) is 0 Å². The molecule has 0 heterocycles. The highest BCUT2D eigenvalue weighted by atomic mass is 16.7. The summed E-state index contributed by atoms with van der Waals surface area (Å²) in [5.74, 6) is -1.27. The molecule has 0 bridgehead atoms. The van der Waals surface area contributed by atoms with Crippen molar-refractivity contribution in [3.8, 4) is 11.5 Å². The average molecular weight is 296 g/mol. The molecule has 0 saturated carbocycles. The summed E-state index contributed by atoms with van der Waals surface area (Å²) in [6.45, 7) is 3.65. The van der Waals surface area contributed by atoms with Crippen LogP contribution in [0.4, 0.5) is 0 Å². The second-order valence-electron chi connectivity index (χ2n) is 4.05. The molecule has 1 aromatic rings. The molecule has 0 unspecified atom stereocenters. The van der Waals surface area contributed by atoms with Gasteiger partial charge in [0.25, 0.3) is 6.29 Å². The highest BCUT2D eigenvalue weighted by molar-refractivity contribution is 5.71. The fourth-order valence-corrected chi connectivity index (χ4v) is 1.53. The summed E-state index contributed by atoms with van der Waals surface area (Å²) in [5.41, 5.74) is 0.369. The van der Waals surface area contributed by atoms with Crippen LogP contribution in [0.5, 0.6) is 11.5 Å². The molecule has 7 heteroatoms. The van der Waals surface area contributed by atoms with Crippen LogP contribution in [-0.2, 0) is 23.9 Å². The van der Waals surface area contributed by atoms with Crippen molar-refractivity contribution in [1.82, 2.24) is 0 Å². The first-order chi connectivity index (χ1) is 9.83. The van der Waals surface area contributed by atoms with Crippen molar-refractivity contribution in [1.29, 1.82) is 0 Å². The average Bonchev–Trinajstić information content (AvgIpc) is 2.36. The van der Waals surface area contributed by atoms with Crippen LogP contribution < -0.4 is 9.47 Å². The second kappa shape index (κ2) is 7.28. The number of hydrogen-bond acceptors (Lipinski definition) is 7. The van der Waals surface area contributed by atoms with Crippen LogP contribution in [-0.4, -0.2) is 25.0 Å². The molecule has 0 spiro atoms. The molecule has 0 aliphatic rings. The van der Waals surface area contributed by atoms with E-state index in [-0.39, 0.29) is 11.5 Å². The summed E-state index contributed by atoms with van der Waals surface area (Å²) < 4.78 is 19.9. The van der Waals surface area contributed by atoms with Gasteiger partial charge < -0.3 is 18.9 Å². The molecular formula is C14H16O7. The highest BCUT2D eigenvalue weighted by Crippen LogP contribution is 2.32. The number of hydrogen-bond donors (Lipinski definition) is 0. The number of ether oxygens (including phenoxy) is 4. The largest absolute Gasteiger partial charge is 0.493 e. The minimum Gasteiger partial charge on any atom is -0.493 e. The minimum absolute atomic E-state index is 0.207. The summed E-state index contributed by atoms with van der Waals surface area (Å²) in [7, 11) is 1.39. The Hall–Kier alpha value is -2.57. The standard InChI is InChI=1S/C14H16O7/c1-8(15)19-12-6-5-11(7-13(12)18-4)14(20-9(2)16)21-10(3)17/h5-7,14H,1-4H3. The Morgan fingerprint density at radius 3 is 1.90 bits per heavy atom. The molecule has 0 radical (unpaired) electrons. The molecule has 0 aliphatic carbocycles. The zero-order valence-electron chi connectivity index (χ0n) is 12.2. The van der Waals surface area contributed by atoms with Crippen LogP contribution >= 0.6 is 0 Å². The number of methoxy groups -OCH3 is 1. The van der Waals surface area contributed by atoms with E-state index in [0.717, 1.165) is 0 Å². The fraction of sp³-hybridized carbons (Fsp3) is 0.357. The van der Waals surface area contributed by atoms with E-state index >= 15 is 0 Å². The van der Waals surface area contributed by atoms with Crippen LogP contribution in [0.3, 0.4) is 0 Å². The Bertz CT molecular complexity index is 534. The summed E-state index contributed by atoms with van der Waals surface area (Å²) in [6.07, 6.45) is -1.19. The predicted molar refractivity (Wildman–Crippen MR) is 70.6 cm³/mol. The van der Waals surface area contributed by atoms with Crippen molar-refractivity contribution in [3.05, 3.63) is 23.8 Å². The van der Waals surface area contributed by atoms with Crippen molar-refractivity contribution >= 4 is 17.9 Å². The van der Waals surface area contributed by atoms with Gasteiger partial charge in [0.15, 0.2) is 11.5 Å². The van der Waals surface area contributed by atoms with Gasteiger partial charge in [0.1, 0.15) is 0 Å². The maximum atomic E-state index is 11.1. The van der Waals surface area contributed by atoms with Gasteiger partial charge >= 0.3 is 17.9 Å². The van der Waals surface area contributed by atoms with Gasteiger partial charge in [-0.3, -0.25) is 14.4 Å². The van der Waals surface area contributed by atoms with Crippen LogP contribution in [0, 0.1) is 0 Å². The van der Waals surface area contributed by atoms with E-state index in [9.17, 15) is 14.4 Å². The SMILES string of the molecule is COc1cc(C(OC(C)=O)OC(C)=O)ccc1OC(C)=O. The van der Waals surface area contributed by atoms with E-state index in [0.29, 0.717) is 5.56 Å². The normalized spacial score (nSPS) is 9.95. The van der Waals surface area contributed by atoms with Gasteiger partial charge in [-0.05, 0) is 18.2 Å². The molecule has 21 heavy (non-hydrogen) atoms. The Kier molecular flexibility index (Phi) is 5.71. The van der Waals surface area contributed by atoms with Crippen LogP contribution in [0.15, 0.2) is 18.2 Å². The quantitative estimate of drug-likeness (QED) is 0.464. The third-order valence-corrected chi connectivity index (χ3v) is 2.26. The Morgan fingerprint density at radius 2 is 1.48 bits per heavy atom. The van der Waals surface area contributed by atoms with Gasteiger partial charge in [-0.2, -0.15) is 0 Å². The monoisotopic (exact) mass is 296 g/mol. The van der Waals surface area contributed by atoms with E-state index in [1.807, 2.05) is 0 Å². The zero-order chi connectivity index (χ0) is 16.0. The molecule has 7 nitrogen and oxygen atoms in total. The molecule has 0 aliphatic heterocycles. The number of carbonyl (C=O) groups excluding carboxylic acids is 3. The van der Waals surface area contributed by atoms with E-state index in [1.165, 1.54) is 46.1 Å². The summed E-state index contributed by atoms with van der Waals surface area (Å²) in [6, 6.07) is 4.40. The lowest BCUT2D eigenvalue weighted by atomic mass is 10.2. The molecular weight excluding hydrogens is 280 g/mol. The Morgan fingerprint density at radius 1 is 0.905 bits per heavy atom. The van der Waals surface area contributed by atoms with Crippen LogP contribution in [0.1, 0.15) is 32.6 Å². The Labute approximate surface area is 121 Å². The van der Waals surface area contributed by atoms with Gasteiger partial charge in [0, 0.05) is 26.3 Å². The maximum absolute atomic E-state index is 11.1. The van der Waals surface area contributed by atoms with E-state index in [4.69, 9.17) is 18.9 Å². The van der Waals surface area contributed by atoms with Gasteiger partial charge in [-0.1, -0.05) is 0 Å². The van der Waals surface area contributed by atoms with Gasteiger partial charge in [0.2, 0.25) is 0 Å². The molecule has 1 aromatic carbocycles. The second-order valence-corrected chi connectivity index (χ2v) is 4.05. The van der Waals surface area contributed by atoms with Gasteiger partial charge in [0.05, 0.1) is 7.11 Å². The minimum atomic E-state index is -1.19. The molecule has 1 rings (SSSR count). The van der Waals surface area contributed by atoms with Gasteiger partial charge in [-0.25, -0.2) is 0 Å². The van der Waals surface area contributed by atoms with Gasteiger partial charge in [-0.15, -0.1) is 0 Å². The summed E-state index contributed by atoms with van der Waals surface area (Å²) in [4.78, 5) is 33.1. The molecule has 0 saturated heterocycles. The number of benzene rings is 1. The predicted octanol–water partition coefficient (Wildman–Crippen LogP) is 1.75. The lowest BCUT2D eigenvalue weighted by Crippen LogP contribution is -2.15. The number of rotatable bonds is 5. The lowest BCUT2D eigenvalue weighted by molar-refractivity contribution is -0.186.